The van der Waals surface area contributed by atoms with Crippen molar-refractivity contribution in [3.8, 4) is 47.0 Å². The van der Waals surface area contributed by atoms with Gasteiger partial charge in [-0.05, 0) is 83.6 Å². The predicted molar refractivity (Wildman–Crippen MR) is 147 cm³/mol. The topological polar surface area (TPSA) is 140 Å². The van der Waals surface area contributed by atoms with Gasteiger partial charge in [-0.3, -0.25) is 0 Å². The number of hydrogen-bond acceptors (Lipinski definition) is 12. The van der Waals surface area contributed by atoms with E-state index in [4.69, 9.17) is 18.9 Å². The third-order valence-corrected chi connectivity index (χ3v) is 6.23. The van der Waals surface area contributed by atoms with E-state index in [0.29, 0.717) is 35.8 Å². The Morgan fingerprint density at radius 3 is 0.667 bits per heavy atom. The molecule has 42 heavy (non-hydrogen) atoms. The maximum atomic E-state index is 5.70. The Labute approximate surface area is 239 Å². The summed E-state index contributed by atoms with van der Waals surface area (Å²) in [4.78, 5) is 0. The molecule has 0 spiro atoms. The van der Waals surface area contributed by atoms with Gasteiger partial charge in [0.25, 0.3) is 0 Å². The molecule has 22 rings (SSSR count). The van der Waals surface area contributed by atoms with Crippen LogP contribution in [0.25, 0.3) is 0 Å². The molecule has 12 heteroatoms. The normalized spacial score (nSPS) is 12.4. The van der Waals surface area contributed by atoms with Crippen LogP contribution in [0.3, 0.4) is 0 Å². The highest BCUT2D eigenvalue weighted by atomic mass is 16.5. The molecule has 12 nitrogen and oxygen atoms in total. The molecule has 0 atom stereocenters. The van der Waals surface area contributed by atoms with E-state index in [1.165, 1.54) is 0 Å². The smallest absolute Gasteiger partial charge is 0.360 e. The summed E-state index contributed by atoms with van der Waals surface area (Å²) >= 11 is 0. The first kappa shape index (κ1) is 25.0. The van der Waals surface area contributed by atoms with Crippen LogP contribution in [0.1, 0.15) is 22.3 Å². The molecule has 18 heterocycles. The van der Waals surface area contributed by atoms with Gasteiger partial charge in [-0.2, -0.15) is 0 Å². The molecule has 0 unspecified atom stereocenters. The number of nitrogens with zero attached hydrogens (tertiary/aromatic N) is 8. The molecule has 2 aromatic heterocycles. The second-order valence-corrected chi connectivity index (χ2v) is 9.27. The third kappa shape index (κ3) is 6.07. The van der Waals surface area contributed by atoms with Gasteiger partial charge in [-0.15, -0.1) is 0 Å². The highest BCUT2D eigenvalue weighted by molar-refractivity contribution is 5.37. The van der Waals surface area contributed by atoms with Crippen LogP contribution in [0.2, 0.25) is 0 Å². The summed E-state index contributed by atoms with van der Waals surface area (Å²) in [7, 11) is 0. The van der Waals surface area contributed by atoms with Crippen molar-refractivity contribution in [2.24, 2.45) is 0 Å². The molecule has 4 aromatic carbocycles. The Bertz CT molecular complexity index is 1300. The van der Waals surface area contributed by atoms with Gasteiger partial charge in [-0.25, -0.2) is 0 Å². The van der Waals surface area contributed by atoms with Crippen LogP contribution in [0, 0.1) is 0 Å². The Kier molecular flexibility index (Phi) is 6.67. The number of hydrogen-bond donors (Lipinski definition) is 0. The van der Waals surface area contributed by atoms with Crippen LogP contribution in [-0.4, -0.2) is 40.8 Å². The van der Waals surface area contributed by atoms with E-state index in [0.717, 1.165) is 22.3 Å². The van der Waals surface area contributed by atoms with E-state index in [2.05, 4.69) is 40.8 Å². The number of benzene rings is 4. The molecule has 16 aliphatic heterocycles. The molecule has 0 amide bonds. The fourth-order valence-corrected chi connectivity index (χ4v) is 4.18. The second-order valence-electron chi connectivity index (χ2n) is 9.27. The first-order valence-electron chi connectivity index (χ1n) is 12.9. The first-order chi connectivity index (χ1) is 20.7. The molecule has 0 radical (unpaired) electrons. The summed E-state index contributed by atoms with van der Waals surface area (Å²) in [5.74, 6) is 2.23. The van der Waals surface area contributed by atoms with Crippen molar-refractivity contribution in [1.82, 2.24) is 40.8 Å². The van der Waals surface area contributed by atoms with Gasteiger partial charge < -0.3 is 18.9 Å². The van der Waals surface area contributed by atoms with Gasteiger partial charge in [0.15, 0.2) is 0 Å². The lowest BCUT2D eigenvalue weighted by Crippen LogP contribution is -2.01. The van der Waals surface area contributed by atoms with Crippen molar-refractivity contribution in [3.05, 3.63) is 119 Å². The van der Waals surface area contributed by atoms with Gasteiger partial charge >= 0.3 is 24.0 Å². The molecule has 12 bridgehead atoms. The summed E-state index contributed by atoms with van der Waals surface area (Å²) in [5.41, 5.74) is 4.35. The Hall–Kier alpha value is -6.04. The van der Waals surface area contributed by atoms with Crippen molar-refractivity contribution in [2.75, 3.05) is 0 Å². The lowest BCUT2D eigenvalue weighted by atomic mass is 10.0. The van der Waals surface area contributed by atoms with Crippen LogP contribution >= 0.6 is 0 Å². The lowest BCUT2D eigenvalue weighted by Gasteiger charge is -2.08. The van der Waals surface area contributed by atoms with Crippen molar-refractivity contribution in [3.63, 3.8) is 0 Å². The first-order valence-corrected chi connectivity index (χ1v) is 12.9. The number of rotatable bonds is 0. The minimum absolute atomic E-state index is 0.0149. The molecule has 16 aliphatic rings. The maximum Gasteiger partial charge on any atom is 0.360 e. The summed E-state index contributed by atoms with van der Waals surface area (Å²) in [5, 5.41) is 31.8. The van der Waals surface area contributed by atoms with Crippen LogP contribution < -0.4 is 18.9 Å². The molecule has 0 N–H and O–H groups in total. The summed E-state index contributed by atoms with van der Waals surface area (Å²) in [6, 6.07) is 30.4. The fraction of sp³-hybridized carbons (Fsp3) is 0.0667. The molecule has 0 saturated heterocycles. The van der Waals surface area contributed by atoms with E-state index < -0.39 is 0 Å². The van der Waals surface area contributed by atoms with Crippen molar-refractivity contribution in [1.29, 1.82) is 0 Å². The van der Waals surface area contributed by atoms with Gasteiger partial charge in [0.2, 0.25) is 0 Å². The molecule has 204 valence electrons. The number of aromatic nitrogens is 8. The lowest BCUT2D eigenvalue weighted by molar-refractivity contribution is 0.381. The highest BCUT2D eigenvalue weighted by Gasteiger charge is 2.10. The Balaban J connectivity index is 1.14. The standard InChI is InChI=1S/C30H20N8O4/c1-9-23-10-2-19(1)17-20-3-11-24(12-4-20)40-29-35-37-30(38-36-29)42-26-15-7-22(8-16-26)18-21-5-13-25(14-6-21)41-28-33-31-27(39-23)32-34-28/h1-16H,17-18H2. The molecular weight excluding hydrogens is 536 g/mol. The van der Waals surface area contributed by atoms with Crippen molar-refractivity contribution >= 4 is 0 Å². The maximum absolute atomic E-state index is 5.70. The van der Waals surface area contributed by atoms with Crippen molar-refractivity contribution < 1.29 is 18.9 Å². The highest BCUT2D eigenvalue weighted by Crippen LogP contribution is 2.24. The Morgan fingerprint density at radius 2 is 0.476 bits per heavy atom. The summed E-state index contributed by atoms with van der Waals surface area (Å²) < 4.78 is 22.8. The molecule has 0 saturated carbocycles. The largest absolute Gasteiger partial charge is 0.422 e. The molecule has 6 aromatic rings. The van der Waals surface area contributed by atoms with Gasteiger partial charge in [-0.1, -0.05) is 89.3 Å². The summed E-state index contributed by atoms with van der Waals surface area (Å²) in [6.45, 7) is 0. The van der Waals surface area contributed by atoms with Crippen molar-refractivity contribution in [2.45, 2.75) is 12.8 Å². The number of ether oxygens (including phenoxy) is 4. The zero-order valence-corrected chi connectivity index (χ0v) is 21.9. The van der Waals surface area contributed by atoms with Crippen LogP contribution in [0.5, 0.6) is 47.0 Å². The minimum Gasteiger partial charge on any atom is -0.422 e. The zero-order chi connectivity index (χ0) is 28.1. The monoisotopic (exact) mass is 556 g/mol. The van der Waals surface area contributed by atoms with Crippen LogP contribution in [0.4, 0.5) is 0 Å². The molecule has 0 aliphatic carbocycles. The second kappa shape index (κ2) is 11.2. The SMILES string of the molecule is c1cc2ccc1Cc1ccc(cc1)Oc1nnc(nn1)Oc1ccc(cc1)Cc1ccc(cc1)Oc1nnc(nn1)O2. The van der Waals surface area contributed by atoms with E-state index >= 15 is 0 Å². The summed E-state index contributed by atoms with van der Waals surface area (Å²) in [6.07, 6.45) is 1.42. The zero-order valence-electron chi connectivity index (χ0n) is 21.9. The fourth-order valence-electron chi connectivity index (χ4n) is 4.18. The van der Waals surface area contributed by atoms with Crippen LogP contribution in [0.15, 0.2) is 97.1 Å². The van der Waals surface area contributed by atoms with Gasteiger partial charge in [0, 0.05) is 0 Å². The average Bonchev–Trinajstić information content (AvgIpc) is 3.03. The van der Waals surface area contributed by atoms with E-state index in [1.807, 2.05) is 97.1 Å². The van der Waals surface area contributed by atoms with E-state index in [9.17, 15) is 0 Å². The quantitative estimate of drug-likeness (QED) is 0.232. The third-order valence-electron chi connectivity index (χ3n) is 6.23. The Morgan fingerprint density at radius 1 is 0.286 bits per heavy atom. The van der Waals surface area contributed by atoms with Crippen LogP contribution in [-0.2, 0) is 12.8 Å². The average molecular weight is 557 g/mol. The predicted octanol–water partition coefficient (Wildman–Crippen LogP) is 5.51. The van der Waals surface area contributed by atoms with E-state index in [-0.39, 0.29) is 24.0 Å². The van der Waals surface area contributed by atoms with Gasteiger partial charge in [0.05, 0.1) is 0 Å². The molecular formula is C30H20N8O4. The minimum atomic E-state index is 0.0149. The molecule has 0 fully saturated rings. The van der Waals surface area contributed by atoms with E-state index in [1.54, 1.807) is 0 Å². The van der Waals surface area contributed by atoms with Gasteiger partial charge in [0.1, 0.15) is 23.0 Å².